The normalized spacial score (nSPS) is 13.6. The Morgan fingerprint density at radius 1 is 0.340 bits per heavy atom. The van der Waals surface area contributed by atoms with Crippen LogP contribution in [0, 0.1) is 0 Å². The summed E-state index contributed by atoms with van der Waals surface area (Å²) in [6.45, 7) is 4.81. The van der Waals surface area contributed by atoms with E-state index in [0.29, 0.717) is 0 Å². The lowest BCUT2D eigenvalue weighted by Crippen LogP contribution is -2.14. The second kappa shape index (κ2) is 10.6. The zero-order valence-electron chi connectivity index (χ0n) is 29.3. The number of hydrogen-bond donors (Lipinski definition) is 0. The van der Waals surface area contributed by atoms with Gasteiger partial charge in [0.1, 0.15) is 0 Å². The van der Waals surface area contributed by atoms with E-state index in [2.05, 4.69) is 172 Å². The minimum atomic E-state index is -0.0955. The first-order valence-electron chi connectivity index (χ1n) is 18.4. The van der Waals surface area contributed by atoms with Crippen LogP contribution in [0.2, 0.25) is 0 Å². The molecule has 0 saturated heterocycles. The quantitative estimate of drug-likeness (QED) is 0.157. The van der Waals surface area contributed by atoms with E-state index in [1.165, 1.54) is 117 Å². The van der Waals surface area contributed by atoms with Crippen molar-refractivity contribution in [2.75, 3.05) is 0 Å². The van der Waals surface area contributed by atoms with Crippen LogP contribution in [0.4, 0.5) is 0 Å². The van der Waals surface area contributed by atoms with Crippen LogP contribution in [0.3, 0.4) is 0 Å². The molecule has 9 aromatic carbocycles. The highest BCUT2D eigenvalue weighted by molar-refractivity contribution is 7.26. The number of thiophene rings is 2. The van der Waals surface area contributed by atoms with E-state index >= 15 is 0 Å². The molecule has 0 saturated carbocycles. The maximum atomic E-state index is 2.50. The van der Waals surface area contributed by atoms with Crippen LogP contribution in [0.1, 0.15) is 25.0 Å². The highest BCUT2D eigenvalue weighted by atomic mass is 32.1. The molecule has 0 amide bonds. The molecule has 248 valence electrons. The SMILES string of the molecule is CC1(C)c2ccc(-c3c4ccccc4c(-c4ccc5c(c4)sc4ccccc45)c4ccccc34)cc2-c2cc3sc4cc5ccccc5cc4c3cc21. The van der Waals surface area contributed by atoms with Crippen molar-refractivity contribution in [1.29, 1.82) is 0 Å². The molecule has 0 nitrogen and oxygen atoms in total. The smallest absolute Gasteiger partial charge is 0.0361 e. The zero-order chi connectivity index (χ0) is 35.0. The summed E-state index contributed by atoms with van der Waals surface area (Å²) >= 11 is 3.81. The molecule has 2 aromatic heterocycles. The molecule has 1 aliphatic carbocycles. The number of fused-ring (bicyclic) bond motifs is 12. The van der Waals surface area contributed by atoms with Gasteiger partial charge in [-0.15, -0.1) is 22.7 Å². The fourth-order valence-corrected chi connectivity index (χ4v) is 11.8. The molecule has 1 aliphatic rings. The summed E-state index contributed by atoms with van der Waals surface area (Å²) in [7, 11) is 0. The number of hydrogen-bond acceptors (Lipinski definition) is 2. The summed E-state index contributed by atoms with van der Waals surface area (Å²) in [6.07, 6.45) is 0. The van der Waals surface area contributed by atoms with Gasteiger partial charge in [-0.3, -0.25) is 0 Å². The molecular weight excluding hydrogens is 677 g/mol. The van der Waals surface area contributed by atoms with E-state index in [-0.39, 0.29) is 5.41 Å². The minimum Gasteiger partial charge on any atom is -0.135 e. The minimum absolute atomic E-state index is 0.0955. The van der Waals surface area contributed by atoms with Gasteiger partial charge in [0.15, 0.2) is 0 Å². The highest BCUT2D eigenvalue weighted by Gasteiger charge is 2.36. The molecule has 11 aromatic rings. The van der Waals surface area contributed by atoms with Crippen LogP contribution >= 0.6 is 22.7 Å². The van der Waals surface area contributed by atoms with Crippen LogP contribution in [0.15, 0.2) is 158 Å². The van der Waals surface area contributed by atoms with Gasteiger partial charge in [-0.1, -0.05) is 129 Å². The van der Waals surface area contributed by atoms with Gasteiger partial charge in [0.2, 0.25) is 0 Å². The molecule has 12 rings (SSSR count). The fourth-order valence-electron chi connectivity index (χ4n) is 9.49. The summed E-state index contributed by atoms with van der Waals surface area (Å²) in [5.41, 5.74) is 10.6. The van der Waals surface area contributed by atoms with E-state index in [4.69, 9.17) is 0 Å². The molecule has 2 heterocycles. The molecule has 0 radical (unpaired) electrons. The highest BCUT2D eigenvalue weighted by Crippen LogP contribution is 2.54. The Bertz CT molecular complexity index is 3310. The lowest BCUT2D eigenvalue weighted by molar-refractivity contribution is 0.661. The number of benzene rings is 9. The first kappa shape index (κ1) is 29.7. The monoisotopic (exact) mass is 708 g/mol. The molecule has 0 unspecified atom stereocenters. The van der Waals surface area contributed by atoms with E-state index < -0.39 is 0 Å². The van der Waals surface area contributed by atoms with E-state index in [9.17, 15) is 0 Å². The van der Waals surface area contributed by atoms with Crippen molar-refractivity contribution in [3.05, 3.63) is 169 Å². The molecule has 0 N–H and O–H groups in total. The maximum absolute atomic E-state index is 2.50. The van der Waals surface area contributed by atoms with E-state index in [1.807, 2.05) is 22.7 Å². The predicted octanol–water partition coefficient (Wildman–Crippen LogP) is 15.5. The van der Waals surface area contributed by atoms with Gasteiger partial charge in [-0.05, 0) is 119 Å². The first-order chi connectivity index (χ1) is 26.0. The van der Waals surface area contributed by atoms with Gasteiger partial charge in [-0.2, -0.15) is 0 Å². The molecule has 0 atom stereocenters. The molecule has 0 bridgehead atoms. The summed E-state index contributed by atoms with van der Waals surface area (Å²) < 4.78 is 5.40. The molecule has 0 spiro atoms. The van der Waals surface area contributed by atoms with Gasteiger partial charge in [-0.25, -0.2) is 0 Å². The summed E-state index contributed by atoms with van der Waals surface area (Å²) in [6, 6.07) is 59.7. The Labute approximate surface area is 315 Å². The number of rotatable bonds is 2. The van der Waals surface area contributed by atoms with Crippen molar-refractivity contribution in [1.82, 2.24) is 0 Å². The Balaban J connectivity index is 1.08. The third-order valence-corrected chi connectivity index (χ3v) is 14.3. The van der Waals surface area contributed by atoms with Crippen LogP contribution in [-0.2, 0) is 5.41 Å². The average Bonchev–Trinajstić information content (AvgIpc) is 3.81. The second-order valence-electron chi connectivity index (χ2n) is 15.2. The van der Waals surface area contributed by atoms with Crippen LogP contribution in [0.25, 0.3) is 106 Å². The molecule has 0 aliphatic heterocycles. The van der Waals surface area contributed by atoms with Crippen molar-refractivity contribution in [2.45, 2.75) is 19.3 Å². The summed E-state index contributed by atoms with van der Waals surface area (Å²) in [5, 5.41) is 13.2. The second-order valence-corrected chi connectivity index (χ2v) is 17.4. The lowest BCUT2D eigenvalue weighted by atomic mass is 9.81. The predicted molar refractivity (Wildman–Crippen MR) is 233 cm³/mol. The van der Waals surface area contributed by atoms with Crippen molar-refractivity contribution in [3.8, 4) is 33.4 Å². The van der Waals surface area contributed by atoms with Gasteiger partial charge in [0.05, 0.1) is 0 Å². The Hall–Kier alpha value is -5.80. The summed E-state index contributed by atoms with van der Waals surface area (Å²) in [4.78, 5) is 0. The third kappa shape index (κ3) is 4.11. The van der Waals surface area contributed by atoms with Crippen molar-refractivity contribution in [3.63, 3.8) is 0 Å². The van der Waals surface area contributed by atoms with Gasteiger partial charge >= 0.3 is 0 Å². The summed E-state index contributed by atoms with van der Waals surface area (Å²) in [5.74, 6) is 0. The van der Waals surface area contributed by atoms with E-state index in [1.54, 1.807) is 0 Å². The van der Waals surface area contributed by atoms with Gasteiger partial charge in [0, 0.05) is 45.8 Å². The van der Waals surface area contributed by atoms with Crippen LogP contribution in [0.5, 0.6) is 0 Å². The first-order valence-corrected chi connectivity index (χ1v) is 20.0. The Morgan fingerprint density at radius 3 is 1.55 bits per heavy atom. The largest absolute Gasteiger partial charge is 0.135 e. The standard InChI is InChI=1S/C51H32S2/c1-51(2)43-22-20-31(24-39(43)40-28-48-42(27-44(40)51)41-23-29-11-3-4-12-30(29)25-47(41)53-48)49-35-14-5-7-16-37(35)50(38-17-8-6-15-36(38)49)32-19-21-34-33-13-9-10-18-45(33)52-46(34)26-32/h3-28H,1-2H3. The lowest BCUT2D eigenvalue weighted by Gasteiger charge is -2.22. The van der Waals surface area contributed by atoms with Crippen molar-refractivity contribution >= 4 is 95.3 Å². The fraction of sp³-hybridized carbons (Fsp3) is 0.0588. The Morgan fingerprint density at radius 2 is 0.830 bits per heavy atom. The molecular formula is C51H32S2. The van der Waals surface area contributed by atoms with Gasteiger partial charge < -0.3 is 0 Å². The van der Waals surface area contributed by atoms with Crippen LogP contribution in [-0.4, -0.2) is 0 Å². The van der Waals surface area contributed by atoms with Crippen molar-refractivity contribution in [2.24, 2.45) is 0 Å². The third-order valence-electron chi connectivity index (χ3n) is 12.0. The topological polar surface area (TPSA) is 0 Å². The maximum Gasteiger partial charge on any atom is 0.0361 e. The van der Waals surface area contributed by atoms with Crippen LogP contribution < -0.4 is 0 Å². The van der Waals surface area contributed by atoms with Gasteiger partial charge in [0.25, 0.3) is 0 Å². The molecule has 2 heteroatoms. The Kier molecular flexibility index (Phi) is 5.97. The average molecular weight is 709 g/mol. The molecule has 53 heavy (non-hydrogen) atoms. The zero-order valence-corrected chi connectivity index (χ0v) is 31.0. The van der Waals surface area contributed by atoms with E-state index in [0.717, 1.165) is 0 Å². The molecule has 0 fully saturated rings. The van der Waals surface area contributed by atoms with Crippen molar-refractivity contribution < 1.29 is 0 Å².